The van der Waals surface area contributed by atoms with Gasteiger partial charge in [0.15, 0.2) is 0 Å². The Bertz CT molecular complexity index is 734. The first kappa shape index (κ1) is 53.1. The molecule has 1 rings (SSSR count). The minimum atomic E-state index is 0.0210. The van der Waals surface area contributed by atoms with Crippen LogP contribution in [0.15, 0.2) is 0 Å². The maximum absolute atomic E-state index is 12.2. The van der Waals surface area contributed by atoms with E-state index in [-0.39, 0.29) is 5.97 Å². The van der Waals surface area contributed by atoms with Gasteiger partial charge in [0.05, 0.1) is 6.61 Å². The molecule has 0 radical (unpaired) electrons. The lowest BCUT2D eigenvalue weighted by Gasteiger charge is -2.23. The molecule has 0 aromatic carbocycles. The number of unbranched alkanes of at least 4 members (excludes halogenated alkanes) is 17. The van der Waals surface area contributed by atoms with Gasteiger partial charge in [-0.05, 0) is 82.2 Å². The molecule has 1 fully saturated rings. The molecule has 1 atom stereocenters. The fourth-order valence-electron chi connectivity index (χ4n) is 8.38. The summed E-state index contributed by atoms with van der Waals surface area (Å²) < 4.78 is 10.8. The van der Waals surface area contributed by atoms with Crippen molar-refractivity contribution < 1.29 is 19.1 Å². The second-order valence-corrected chi connectivity index (χ2v) is 17.2. The lowest BCUT2D eigenvalue weighted by Crippen LogP contribution is -2.26. The molecule has 0 amide bonds. The van der Waals surface area contributed by atoms with E-state index in [0.717, 1.165) is 62.8 Å². The normalized spacial score (nSPS) is 13.8. The lowest BCUT2D eigenvalue weighted by molar-refractivity contribution is -0.144. The third-order valence-electron chi connectivity index (χ3n) is 12.0. The Labute approximate surface area is 339 Å². The molecular formula is C49H97NO4. The Morgan fingerprint density at radius 2 is 0.926 bits per heavy atom. The number of esters is 1. The van der Waals surface area contributed by atoms with Crippen molar-refractivity contribution in [1.29, 1.82) is 0 Å². The average molecular weight is 764 g/mol. The number of nitrogens with zero attached hydrogens (tertiary/aromatic N) is 1. The summed E-state index contributed by atoms with van der Waals surface area (Å²) in [6.45, 7) is 14.6. The van der Waals surface area contributed by atoms with Crippen molar-refractivity contribution in [2.45, 2.75) is 246 Å². The maximum Gasteiger partial charge on any atom is 0.305 e. The van der Waals surface area contributed by atoms with Gasteiger partial charge in [-0.25, -0.2) is 0 Å². The van der Waals surface area contributed by atoms with Gasteiger partial charge in [-0.15, -0.1) is 0 Å². The summed E-state index contributed by atoms with van der Waals surface area (Å²) in [7, 11) is 1.81. The summed E-state index contributed by atoms with van der Waals surface area (Å²) in [5.74, 6) is 2.52. The number of methoxy groups -OCH3 is 1. The summed E-state index contributed by atoms with van der Waals surface area (Å²) in [5, 5.41) is 0. The Kier molecular flexibility index (Phi) is 42.4. The number of hydrogen-bond acceptors (Lipinski definition) is 5. The van der Waals surface area contributed by atoms with Crippen LogP contribution in [0.25, 0.3) is 0 Å². The van der Waals surface area contributed by atoms with Crippen LogP contribution in [-0.4, -0.2) is 57.1 Å². The molecule has 0 aliphatic carbocycles. The quantitative estimate of drug-likeness (QED) is 0.0353. The first-order valence-electron chi connectivity index (χ1n) is 24.3. The van der Waals surface area contributed by atoms with Crippen LogP contribution in [0.4, 0.5) is 0 Å². The van der Waals surface area contributed by atoms with Crippen LogP contribution in [0.3, 0.4) is 0 Å². The summed E-state index contributed by atoms with van der Waals surface area (Å²) in [5.41, 5.74) is 0. The maximum atomic E-state index is 12.2. The molecule has 5 heteroatoms. The van der Waals surface area contributed by atoms with E-state index >= 15 is 0 Å². The van der Waals surface area contributed by atoms with Gasteiger partial charge in [0.25, 0.3) is 0 Å². The zero-order valence-corrected chi connectivity index (χ0v) is 37.5. The number of carbonyl (C=O) groups is 2. The lowest BCUT2D eigenvalue weighted by atomic mass is 9.92. The molecule has 0 N–H and O–H groups in total. The van der Waals surface area contributed by atoms with E-state index in [2.05, 4.69) is 32.6 Å². The standard InChI is InChI=1S/C35H67NO3.C14H30O/c1-3-5-14-22-33(23-15-6-4-2)27-31-39-35(38)26-18-12-9-11-17-25-34(32-36-28-19-20-29-36)24-16-10-7-8-13-21-30-37;1-4-6-8-10-14(12-13-15-3)11-9-7-5-2/h30,33-34H,3-29,31-32H2,1-2H3;14H,4-13H2,1-3H3. The summed E-state index contributed by atoms with van der Waals surface area (Å²) in [4.78, 5) is 25.4. The van der Waals surface area contributed by atoms with Gasteiger partial charge in [0.2, 0.25) is 0 Å². The van der Waals surface area contributed by atoms with Crippen molar-refractivity contribution in [1.82, 2.24) is 4.90 Å². The van der Waals surface area contributed by atoms with Crippen LogP contribution < -0.4 is 0 Å². The Hall–Kier alpha value is -0.940. The molecule has 0 aromatic heterocycles. The van der Waals surface area contributed by atoms with E-state index in [9.17, 15) is 9.59 Å². The van der Waals surface area contributed by atoms with Crippen molar-refractivity contribution in [3.05, 3.63) is 0 Å². The molecule has 1 unspecified atom stereocenters. The van der Waals surface area contributed by atoms with Gasteiger partial charge >= 0.3 is 5.97 Å². The smallest absolute Gasteiger partial charge is 0.305 e. The second kappa shape index (κ2) is 43.2. The van der Waals surface area contributed by atoms with Crippen molar-refractivity contribution in [3.63, 3.8) is 0 Å². The van der Waals surface area contributed by atoms with Gasteiger partial charge in [-0.1, -0.05) is 182 Å². The van der Waals surface area contributed by atoms with Crippen molar-refractivity contribution in [2.24, 2.45) is 17.8 Å². The third kappa shape index (κ3) is 36.7. The number of carbonyl (C=O) groups excluding carboxylic acids is 2. The summed E-state index contributed by atoms with van der Waals surface area (Å²) in [6, 6.07) is 0. The zero-order valence-electron chi connectivity index (χ0n) is 37.5. The number of ether oxygens (including phenoxy) is 2. The Morgan fingerprint density at radius 1 is 0.519 bits per heavy atom. The first-order valence-corrected chi connectivity index (χ1v) is 24.3. The zero-order chi connectivity index (χ0) is 39.6. The molecule has 1 aliphatic rings. The van der Waals surface area contributed by atoms with Gasteiger partial charge in [-0.3, -0.25) is 4.79 Å². The number of rotatable bonds is 40. The number of likely N-dealkylation sites (tertiary alicyclic amines) is 1. The van der Waals surface area contributed by atoms with Crippen LogP contribution in [0.1, 0.15) is 246 Å². The van der Waals surface area contributed by atoms with Gasteiger partial charge in [-0.2, -0.15) is 0 Å². The molecule has 0 aromatic rings. The van der Waals surface area contributed by atoms with E-state index < -0.39 is 0 Å². The molecule has 5 nitrogen and oxygen atoms in total. The van der Waals surface area contributed by atoms with Gasteiger partial charge in [0, 0.05) is 33.1 Å². The highest BCUT2D eigenvalue weighted by molar-refractivity contribution is 5.69. The average Bonchev–Trinajstić information content (AvgIpc) is 3.69. The molecule has 1 saturated heterocycles. The number of hydrogen-bond donors (Lipinski definition) is 0. The highest BCUT2D eigenvalue weighted by Crippen LogP contribution is 2.24. The van der Waals surface area contributed by atoms with Gasteiger partial charge in [0.1, 0.15) is 6.29 Å². The monoisotopic (exact) mass is 764 g/mol. The number of aldehydes is 1. The van der Waals surface area contributed by atoms with Crippen LogP contribution in [0.5, 0.6) is 0 Å². The molecule has 0 saturated carbocycles. The largest absolute Gasteiger partial charge is 0.466 e. The summed E-state index contributed by atoms with van der Waals surface area (Å²) >= 11 is 0. The van der Waals surface area contributed by atoms with Crippen LogP contribution in [-0.2, 0) is 19.1 Å². The molecule has 0 bridgehead atoms. The SMILES string of the molecule is CCCCCC(CCCCC)CCOC.CCCCCC(CCCCC)CCOC(=O)CCCCCCCC(CCCCCCCC=O)CN1CCCC1. The van der Waals surface area contributed by atoms with Crippen LogP contribution in [0, 0.1) is 17.8 Å². The van der Waals surface area contributed by atoms with Crippen molar-refractivity contribution >= 4 is 12.3 Å². The van der Waals surface area contributed by atoms with Crippen LogP contribution >= 0.6 is 0 Å². The van der Waals surface area contributed by atoms with Gasteiger partial charge < -0.3 is 19.2 Å². The minimum absolute atomic E-state index is 0.0210. The highest BCUT2D eigenvalue weighted by atomic mass is 16.5. The summed E-state index contributed by atoms with van der Waals surface area (Å²) in [6.07, 6.45) is 44.0. The second-order valence-electron chi connectivity index (χ2n) is 17.2. The van der Waals surface area contributed by atoms with E-state index in [1.165, 1.54) is 199 Å². The Morgan fingerprint density at radius 3 is 1.39 bits per heavy atom. The molecular weight excluding hydrogens is 667 g/mol. The fourth-order valence-corrected chi connectivity index (χ4v) is 8.38. The van der Waals surface area contributed by atoms with E-state index in [4.69, 9.17) is 9.47 Å². The topological polar surface area (TPSA) is 55.8 Å². The highest BCUT2D eigenvalue weighted by Gasteiger charge is 2.17. The molecule has 54 heavy (non-hydrogen) atoms. The van der Waals surface area contributed by atoms with E-state index in [0.29, 0.717) is 13.0 Å². The van der Waals surface area contributed by atoms with E-state index in [1.54, 1.807) is 0 Å². The molecule has 1 aliphatic heterocycles. The predicted octanol–water partition coefficient (Wildman–Crippen LogP) is 14.9. The van der Waals surface area contributed by atoms with Crippen molar-refractivity contribution in [2.75, 3.05) is 40.0 Å². The first-order chi connectivity index (χ1) is 26.5. The van der Waals surface area contributed by atoms with Crippen molar-refractivity contribution in [3.8, 4) is 0 Å². The third-order valence-corrected chi connectivity index (χ3v) is 12.0. The van der Waals surface area contributed by atoms with E-state index in [1.807, 2.05) is 7.11 Å². The van der Waals surface area contributed by atoms with Crippen LogP contribution in [0.2, 0.25) is 0 Å². The minimum Gasteiger partial charge on any atom is -0.466 e. The Balaban J connectivity index is 0.00000157. The molecule has 1 heterocycles. The molecule has 0 spiro atoms. The fraction of sp³-hybridized carbons (Fsp3) is 0.959. The predicted molar refractivity (Wildman–Crippen MR) is 235 cm³/mol. The molecule has 322 valence electrons.